The van der Waals surface area contributed by atoms with E-state index in [1.807, 2.05) is 13.0 Å². The maximum atomic E-state index is 5.30. The normalized spacial score (nSPS) is 19.4. The fraction of sp³-hybridized carbons (Fsp3) is 0.500. The van der Waals surface area contributed by atoms with Gasteiger partial charge in [0, 0.05) is 5.56 Å². The summed E-state index contributed by atoms with van der Waals surface area (Å²) in [4.78, 5) is 0. The zero-order valence-electron chi connectivity index (χ0n) is 6.37. The van der Waals surface area contributed by atoms with Gasteiger partial charge in [-0.15, -0.1) is 0 Å². The summed E-state index contributed by atoms with van der Waals surface area (Å²) in [7, 11) is 0. The lowest BCUT2D eigenvalue weighted by atomic mass is 10.2. The summed E-state index contributed by atoms with van der Waals surface area (Å²) in [5.74, 6) is 0.872. The van der Waals surface area contributed by atoms with Crippen molar-refractivity contribution in [2.24, 2.45) is 0 Å². The van der Waals surface area contributed by atoms with Gasteiger partial charge in [-0.1, -0.05) is 0 Å². The fourth-order valence-corrected chi connectivity index (χ4v) is 1.18. The molecule has 2 rings (SSSR count). The number of ether oxygens (including phenoxy) is 2. The van der Waals surface area contributed by atoms with Crippen molar-refractivity contribution < 1.29 is 13.9 Å². The van der Waals surface area contributed by atoms with Crippen LogP contribution in [0.25, 0.3) is 0 Å². The van der Waals surface area contributed by atoms with Crippen LogP contribution in [0, 0.1) is 6.92 Å². The highest BCUT2D eigenvalue weighted by Gasteiger charge is 2.21. The molecule has 1 aromatic rings. The first kappa shape index (κ1) is 6.88. The Balaban J connectivity index is 2.21. The maximum Gasteiger partial charge on any atom is 0.187 e. The molecular weight excluding hydrogens is 144 g/mol. The van der Waals surface area contributed by atoms with Gasteiger partial charge in [0.25, 0.3) is 0 Å². The highest BCUT2D eigenvalue weighted by molar-refractivity contribution is 5.17. The van der Waals surface area contributed by atoms with E-state index in [0.29, 0.717) is 13.2 Å². The molecule has 1 aliphatic rings. The molecule has 1 saturated heterocycles. The molecule has 0 radical (unpaired) electrons. The van der Waals surface area contributed by atoms with E-state index in [2.05, 4.69) is 0 Å². The summed E-state index contributed by atoms with van der Waals surface area (Å²) in [5, 5.41) is 0. The summed E-state index contributed by atoms with van der Waals surface area (Å²) in [6.45, 7) is 3.25. The Morgan fingerprint density at radius 2 is 2.09 bits per heavy atom. The van der Waals surface area contributed by atoms with E-state index in [9.17, 15) is 0 Å². The van der Waals surface area contributed by atoms with Crippen molar-refractivity contribution in [3.8, 4) is 0 Å². The molecule has 60 valence electrons. The van der Waals surface area contributed by atoms with Crippen LogP contribution in [-0.4, -0.2) is 13.2 Å². The van der Waals surface area contributed by atoms with Crippen molar-refractivity contribution in [2.75, 3.05) is 13.2 Å². The maximum absolute atomic E-state index is 5.30. The van der Waals surface area contributed by atoms with Gasteiger partial charge in [0.15, 0.2) is 6.29 Å². The minimum Gasteiger partial charge on any atom is -0.469 e. The molecule has 0 bridgehead atoms. The number of hydrogen-bond acceptors (Lipinski definition) is 3. The zero-order chi connectivity index (χ0) is 7.68. The highest BCUT2D eigenvalue weighted by Crippen LogP contribution is 2.26. The van der Waals surface area contributed by atoms with Gasteiger partial charge in [-0.3, -0.25) is 0 Å². The Bertz CT molecular complexity index is 235. The van der Waals surface area contributed by atoms with E-state index in [4.69, 9.17) is 13.9 Å². The molecule has 0 spiro atoms. The third-order valence-electron chi connectivity index (χ3n) is 1.77. The van der Waals surface area contributed by atoms with E-state index in [-0.39, 0.29) is 6.29 Å². The predicted octanol–water partition coefficient (Wildman–Crippen LogP) is 1.63. The van der Waals surface area contributed by atoms with E-state index in [1.165, 1.54) is 0 Å². The molecule has 1 aromatic heterocycles. The van der Waals surface area contributed by atoms with E-state index >= 15 is 0 Å². The van der Waals surface area contributed by atoms with Crippen molar-refractivity contribution >= 4 is 0 Å². The average molecular weight is 154 g/mol. The first-order valence-electron chi connectivity index (χ1n) is 3.65. The SMILES string of the molecule is Cc1occc1C1OCCO1. The Hall–Kier alpha value is -0.800. The molecular formula is C8H10O3. The van der Waals surface area contributed by atoms with Gasteiger partial charge in [-0.25, -0.2) is 0 Å². The van der Waals surface area contributed by atoms with Crippen molar-refractivity contribution in [1.82, 2.24) is 0 Å². The standard InChI is InChI=1S/C8H10O3/c1-6-7(2-3-9-6)8-10-4-5-11-8/h2-3,8H,4-5H2,1H3. The average Bonchev–Trinajstić information content (AvgIpc) is 2.55. The molecule has 11 heavy (non-hydrogen) atoms. The van der Waals surface area contributed by atoms with Gasteiger partial charge in [0.1, 0.15) is 5.76 Å². The largest absolute Gasteiger partial charge is 0.469 e. The van der Waals surface area contributed by atoms with Crippen LogP contribution in [0.15, 0.2) is 16.7 Å². The highest BCUT2D eigenvalue weighted by atomic mass is 16.7. The van der Waals surface area contributed by atoms with E-state index in [1.54, 1.807) is 6.26 Å². The third kappa shape index (κ3) is 1.17. The molecule has 0 aromatic carbocycles. The lowest BCUT2D eigenvalue weighted by Crippen LogP contribution is -1.97. The first-order valence-corrected chi connectivity index (χ1v) is 3.65. The Kier molecular flexibility index (Phi) is 1.68. The van der Waals surface area contributed by atoms with Crippen LogP contribution in [0.3, 0.4) is 0 Å². The lowest BCUT2D eigenvalue weighted by molar-refractivity contribution is -0.0450. The number of hydrogen-bond donors (Lipinski definition) is 0. The summed E-state index contributed by atoms with van der Waals surface area (Å²) < 4.78 is 15.7. The van der Waals surface area contributed by atoms with E-state index < -0.39 is 0 Å². The first-order chi connectivity index (χ1) is 5.38. The summed E-state index contributed by atoms with van der Waals surface area (Å²) in [6, 6.07) is 1.88. The van der Waals surface area contributed by atoms with Crippen LogP contribution in [0.1, 0.15) is 17.6 Å². The van der Waals surface area contributed by atoms with Crippen LogP contribution in [0.5, 0.6) is 0 Å². The molecule has 3 nitrogen and oxygen atoms in total. The van der Waals surface area contributed by atoms with Crippen LogP contribution < -0.4 is 0 Å². The Labute approximate surface area is 64.9 Å². The topological polar surface area (TPSA) is 31.6 Å². The Morgan fingerprint density at radius 1 is 1.36 bits per heavy atom. The number of furan rings is 1. The Morgan fingerprint density at radius 3 is 2.64 bits per heavy atom. The third-order valence-corrected chi connectivity index (χ3v) is 1.77. The predicted molar refractivity (Wildman–Crippen MR) is 38.1 cm³/mol. The van der Waals surface area contributed by atoms with Crippen LogP contribution in [-0.2, 0) is 9.47 Å². The van der Waals surface area contributed by atoms with Gasteiger partial charge < -0.3 is 13.9 Å². The number of aryl methyl sites for hydroxylation is 1. The molecule has 1 aliphatic heterocycles. The number of rotatable bonds is 1. The van der Waals surface area contributed by atoms with Crippen molar-refractivity contribution in [2.45, 2.75) is 13.2 Å². The minimum absolute atomic E-state index is 0.200. The fourth-order valence-electron chi connectivity index (χ4n) is 1.18. The summed E-state index contributed by atoms with van der Waals surface area (Å²) in [6.07, 6.45) is 1.45. The van der Waals surface area contributed by atoms with Gasteiger partial charge in [0.2, 0.25) is 0 Å². The van der Waals surface area contributed by atoms with Crippen LogP contribution >= 0.6 is 0 Å². The van der Waals surface area contributed by atoms with Crippen LogP contribution in [0.2, 0.25) is 0 Å². The van der Waals surface area contributed by atoms with Gasteiger partial charge in [-0.2, -0.15) is 0 Å². The van der Waals surface area contributed by atoms with E-state index in [0.717, 1.165) is 11.3 Å². The second kappa shape index (κ2) is 2.68. The quantitative estimate of drug-likeness (QED) is 0.616. The second-order valence-corrected chi connectivity index (χ2v) is 2.51. The van der Waals surface area contributed by atoms with Gasteiger partial charge >= 0.3 is 0 Å². The van der Waals surface area contributed by atoms with Crippen molar-refractivity contribution in [3.05, 3.63) is 23.7 Å². The molecule has 0 N–H and O–H groups in total. The van der Waals surface area contributed by atoms with Gasteiger partial charge in [0.05, 0.1) is 19.5 Å². The smallest absolute Gasteiger partial charge is 0.187 e. The molecule has 3 heteroatoms. The second-order valence-electron chi connectivity index (χ2n) is 2.51. The summed E-state index contributed by atoms with van der Waals surface area (Å²) in [5.41, 5.74) is 1.00. The lowest BCUT2D eigenvalue weighted by Gasteiger charge is -2.05. The molecule has 0 atom stereocenters. The molecule has 0 aliphatic carbocycles. The van der Waals surface area contributed by atoms with Crippen molar-refractivity contribution in [1.29, 1.82) is 0 Å². The summed E-state index contributed by atoms with van der Waals surface area (Å²) >= 11 is 0. The molecule has 2 heterocycles. The minimum atomic E-state index is -0.200. The van der Waals surface area contributed by atoms with Crippen LogP contribution in [0.4, 0.5) is 0 Å². The molecule has 0 amide bonds. The monoisotopic (exact) mass is 154 g/mol. The van der Waals surface area contributed by atoms with Gasteiger partial charge in [-0.05, 0) is 13.0 Å². The van der Waals surface area contributed by atoms with Crippen molar-refractivity contribution in [3.63, 3.8) is 0 Å². The molecule has 0 unspecified atom stereocenters. The molecule has 1 fully saturated rings. The zero-order valence-corrected chi connectivity index (χ0v) is 6.37. The molecule has 0 saturated carbocycles.